The predicted octanol–water partition coefficient (Wildman–Crippen LogP) is -0.0738. The minimum atomic E-state index is 0.0422. The molecule has 0 unspecified atom stereocenters. The summed E-state index contributed by atoms with van der Waals surface area (Å²) in [6.45, 7) is 4.17. The van der Waals surface area contributed by atoms with Crippen LogP contribution in [-0.2, 0) is 0 Å². The van der Waals surface area contributed by atoms with Crippen molar-refractivity contribution in [3.05, 3.63) is 0 Å². The first-order chi connectivity index (χ1) is 4.84. The number of rotatable bonds is 2. The zero-order valence-electron chi connectivity index (χ0n) is 6.18. The van der Waals surface area contributed by atoms with Crippen LogP contribution < -0.4 is 10.6 Å². The standard InChI is InChI=1S/C6H13N3O/c1-2-3-9-5-7-4-8-6(9)10/h7H,2-5H2,1H3,(H,8,10). The third-order valence-electron chi connectivity index (χ3n) is 1.45. The highest BCUT2D eigenvalue weighted by Gasteiger charge is 2.14. The molecule has 0 spiro atoms. The Kier molecular flexibility index (Phi) is 2.50. The molecule has 0 saturated carbocycles. The van der Waals surface area contributed by atoms with Crippen LogP contribution in [0.15, 0.2) is 0 Å². The van der Waals surface area contributed by atoms with Crippen molar-refractivity contribution >= 4 is 6.03 Å². The van der Waals surface area contributed by atoms with E-state index in [9.17, 15) is 4.79 Å². The Bertz CT molecular complexity index is 124. The molecule has 1 aliphatic heterocycles. The van der Waals surface area contributed by atoms with E-state index in [-0.39, 0.29) is 6.03 Å². The van der Waals surface area contributed by atoms with E-state index in [4.69, 9.17) is 0 Å². The number of nitrogens with one attached hydrogen (secondary N) is 2. The Labute approximate surface area is 60.6 Å². The summed E-state index contributed by atoms with van der Waals surface area (Å²) in [5.41, 5.74) is 0. The van der Waals surface area contributed by atoms with Crippen molar-refractivity contribution in [3.8, 4) is 0 Å². The highest BCUT2D eigenvalue weighted by molar-refractivity contribution is 5.74. The van der Waals surface area contributed by atoms with Crippen molar-refractivity contribution in [2.75, 3.05) is 19.9 Å². The SMILES string of the molecule is CCCN1CNCNC1=O. The topological polar surface area (TPSA) is 44.4 Å². The molecule has 1 heterocycles. The Morgan fingerprint density at radius 1 is 1.70 bits per heavy atom. The molecule has 10 heavy (non-hydrogen) atoms. The van der Waals surface area contributed by atoms with Gasteiger partial charge in [-0.2, -0.15) is 0 Å². The first kappa shape index (κ1) is 7.34. The molecule has 1 aliphatic rings. The van der Waals surface area contributed by atoms with E-state index >= 15 is 0 Å². The van der Waals surface area contributed by atoms with Crippen LogP contribution >= 0.6 is 0 Å². The fraction of sp³-hybridized carbons (Fsp3) is 0.833. The smallest absolute Gasteiger partial charge is 0.319 e. The molecule has 0 radical (unpaired) electrons. The van der Waals surface area contributed by atoms with E-state index in [0.29, 0.717) is 13.3 Å². The molecule has 0 atom stereocenters. The fourth-order valence-electron chi connectivity index (χ4n) is 0.963. The molecule has 2 amide bonds. The van der Waals surface area contributed by atoms with Crippen LogP contribution in [0, 0.1) is 0 Å². The first-order valence-corrected chi connectivity index (χ1v) is 3.58. The Morgan fingerprint density at radius 2 is 2.50 bits per heavy atom. The zero-order chi connectivity index (χ0) is 7.40. The molecule has 0 bridgehead atoms. The number of hydrogen-bond donors (Lipinski definition) is 2. The van der Waals surface area contributed by atoms with Gasteiger partial charge in [0, 0.05) is 6.54 Å². The van der Waals surface area contributed by atoms with Crippen LogP contribution in [0.25, 0.3) is 0 Å². The summed E-state index contributed by atoms with van der Waals surface area (Å²) in [5.74, 6) is 0. The van der Waals surface area contributed by atoms with Crippen molar-refractivity contribution < 1.29 is 4.79 Å². The number of carbonyl (C=O) groups is 1. The lowest BCUT2D eigenvalue weighted by Gasteiger charge is -2.27. The predicted molar refractivity (Wildman–Crippen MR) is 38.4 cm³/mol. The van der Waals surface area contributed by atoms with E-state index in [1.54, 1.807) is 4.90 Å². The van der Waals surface area contributed by atoms with Gasteiger partial charge < -0.3 is 10.2 Å². The summed E-state index contributed by atoms with van der Waals surface area (Å²) in [6.07, 6.45) is 1.01. The van der Waals surface area contributed by atoms with Gasteiger partial charge in [-0.3, -0.25) is 5.32 Å². The molecule has 4 heteroatoms. The molecule has 2 N–H and O–H groups in total. The van der Waals surface area contributed by atoms with E-state index in [1.165, 1.54) is 0 Å². The van der Waals surface area contributed by atoms with Gasteiger partial charge in [0.05, 0.1) is 13.3 Å². The largest absolute Gasteiger partial charge is 0.325 e. The number of urea groups is 1. The summed E-state index contributed by atoms with van der Waals surface area (Å²) in [4.78, 5) is 12.7. The Balaban J connectivity index is 2.32. The van der Waals surface area contributed by atoms with Crippen LogP contribution in [-0.4, -0.2) is 30.8 Å². The van der Waals surface area contributed by atoms with E-state index in [0.717, 1.165) is 13.0 Å². The lowest BCUT2D eigenvalue weighted by atomic mass is 10.4. The summed E-state index contributed by atoms with van der Waals surface area (Å²) in [5, 5.41) is 5.74. The second-order valence-electron chi connectivity index (χ2n) is 2.33. The third kappa shape index (κ3) is 1.60. The quantitative estimate of drug-likeness (QED) is 0.568. The van der Waals surface area contributed by atoms with Gasteiger partial charge in [-0.1, -0.05) is 6.92 Å². The van der Waals surface area contributed by atoms with Crippen molar-refractivity contribution in [1.82, 2.24) is 15.5 Å². The van der Waals surface area contributed by atoms with Crippen molar-refractivity contribution in [2.24, 2.45) is 0 Å². The number of carbonyl (C=O) groups excluding carboxylic acids is 1. The summed E-state index contributed by atoms with van der Waals surface area (Å²) < 4.78 is 0. The second-order valence-corrected chi connectivity index (χ2v) is 2.33. The number of amides is 2. The minimum Gasteiger partial charge on any atom is -0.325 e. The Morgan fingerprint density at radius 3 is 3.10 bits per heavy atom. The summed E-state index contributed by atoms with van der Waals surface area (Å²) in [7, 11) is 0. The molecule has 58 valence electrons. The molecule has 0 aromatic rings. The van der Waals surface area contributed by atoms with Crippen LogP contribution in [0.3, 0.4) is 0 Å². The van der Waals surface area contributed by atoms with Crippen LogP contribution in [0.4, 0.5) is 4.79 Å². The number of nitrogens with zero attached hydrogens (tertiary/aromatic N) is 1. The van der Waals surface area contributed by atoms with E-state index < -0.39 is 0 Å². The molecule has 0 aliphatic carbocycles. The summed E-state index contributed by atoms with van der Waals surface area (Å²) >= 11 is 0. The highest BCUT2D eigenvalue weighted by atomic mass is 16.2. The highest BCUT2D eigenvalue weighted by Crippen LogP contribution is 1.92. The average Bonchev–Trinajstić information content (AvgIpc) is 1.94. The van der Waals surface area contributed by atoms with Gasteiger partial charge in [0.1, 0.15) is 0 Å². The van der Waals surface area contributed by atoms with Crippen LogP contribution in [0.1, 0.15) is 13.3 Å². The van der Waals surface area contributed by atoms with Crippen molar-refractivity contribution in [2.45, 2.75) is 13.3 Å². The van der Waals surface area contributed by atoms with Gasteiger partial charge in [0.15, 0.2) is 0 Å². The average molecular weight is 143 g/mol. The van der Waals surface area contributed by atoms with Crippen molar-refractivity contribution in [3.63, 3.8) is 0 Å². The monoisotopic (exact) mass is 143 g/mol. The lowest BCUT2D eigenvalue weighted by molar-refractivity contribution is 0.178. The minimum absolute atomic E-state index is 0.0422. The van der Waals surface area contributed by atoms with Gasteiger partial charge in [0.2, 0.25) is 0 Å². The van der Waals surface area contributed by atoms with Gasteiger partial charge in [-0.05, 0) is 6.42 Å². The van der Waals surface area contributed by atoms with Gasteiger partial charge in [0.25, 0.3) is 0 Å². The van der Waals surface area contributed by atoms with Crippen molar-refractivity contribution in [1.29, 1.82) is 0 Å². The molecular weight excluding hydrogens is 130 g/mol. The first-order valence-electron chi connectivity index (χ1n) is 3.58. The van der Waals surface area contributed by atoms with E-state index in [2.05, 4.69) is 17.6 Å². The third-order valence-corrected chi connectivity index (χ3v) is 1.45. The lowest BCUT2D eigenvalue weighted by Crippen LogP contribution is -2.54. The van der Waals surface area contributed by atoms with Gasteiger partial charge in [-0.25, -0.2) is 4.79 Å². The Hall–Kier alpha value is -0.770. The van der Waals surface area contributed by atoms with Gasteiger partial charge >= 0.3 is 6.03 Å². The molecule has 1 fully saturated rings. The maximum atomic E-state index is 11.0. The normalized spacial score (nSPS) is 18.9. The zero-order valence-corrected chi connectivity index (χ0v) is 6.18. The molecular formula is C6H13N3O. The number of hydrogen-bond acceptors (Lipinski definition) is 2. The molecule has 1 rings (SSSR count). The van der Waals surface area contributed by atoms with Crippen LogP contribution in [0.2, 0.25) is 0 Å². The molecule has 0 aromatic heterocycles. The van der Waals surface area contributed by atoms with Gasteiger partial charge in [-0.15, -0.1) is 0 Å². The molecule has 0 aromatic carbocycles. The maximum absolute atomic E-state index is 11.0. The molecule has 1 saturated heterocycles. The fourth-order valence-corrected chi connectivity index (χ4v) is 0.963. The molecule has 4 nitrogen and oxygen atoms in total. The van der Waals surface area contributed by atoms with Crippen LogP contribution in [0.5, 0.6) is 0 Å². The maximum Gasteiger partial charge on any atom is 0.319 e. The summed E-state index contributed by atoms with van der Waals surface area (Å²) in [6, 6.07) is 0.0422. The second kappa shape index (κ2) is 3.41. The van der Waals surface area contributed by atoms with E-state index in [1.807, 2.05) is 0 Å².